The van der Waals surface area contributed by atoms with Crippen LogP contribution in [0.5, 0.6) is 11.5 Å². The van der Waals surface area contributed by atoms with Crippen molar-refractivity contribution < 1.29 is 14.6 Å². The molecule has 0 radical (unpaired) electrons. The Kier molecular flexibility index (Phi) is 4.44. The fraction of sp³-hybridized carbons (Fsp3) is 0.571. The van der Waals surface area contributed by atoms with Crippen LogP contribution in [0.25, 0.3) is 0 Å². The van der Waals surface area contributed by atoms with E-state index in [9.17, 15) is 5.11 Å². The van der Waals surface area contributed by atoms with Crippen LogP contribution in [0.15, 0.2) is 18.2 Å². The number of phenolic OH excluding ortho intramolecular Hbond substituents is 1. The van der Waals surface area contributed by atoms with E-state index in [-0.39, 0.29) is 11.8 Å². The summed E-state index contributed by atoms with van der Waals surface area (Å²) in [7, 11) is 1.59. The molecule has 2 atom stereocenters. The smallest absolute Gasteiger partial charge is 0.124 e. The lowest BCUT2D eigenvalue weighted by molar-refractivity contribution is 0.0670. The maximum Gasteiger partial charge on any atom is 0.124 e. The summed E-state index contributed by atoms with van der Waals surface area (Å²) < 4.78 is 10.5. The normalized spacial score (nSPS) is 21.6. The lowest BCUT2D eigenvalue weighted by Crippen LogP contribution is -2.38. The lowest BCUT2D eigenvalue weighted by atomic mass is 10.0. The van der Waals surface area contributed by atoms with E-state index in [1.807, 2.05) is 12.1 Å². The van der Waals surface area contributed by atoms with Gasteiger partial charge in [0, 0.05) is 30.3 Å². The van der Waals surface area contributed by atoms with Crippen molar-refractivity contribution in [3.63, 3.8) is 0 Å². The zero-order chi connectivity index (χ0) is 13.0. The van der Waals surface area contributed by atoms with E-state index in [0.29, 0.717) is 11.8 Å². The predicted molar refractivity (Wildman–Crippen MR) is 70.1 cm³/mol. The van der Waals surface area contributed by atoms with Gasteiger partial charge in [0.25, 0.3) is 0 Å². The fourth-order valence-corrected chi connectivity index (χ4v) is 2.33. The molecule has 0 saturated carbocycles. The zero-order valence-corrected chi connectivity index (χ0v) is 11.0. The third-order valence-corrected chi connectivity index (χ3v) is 3.35. The number of rotatable bonds is 4. The summed E-state index contributed by atoms with van der Waals surface area (Å²) in [6.07, 6.45) is 2.22. The minimum Gasteiger partial charge on any atom is -0.507 e. The number of ether oxygens (including phenoxy) is 2. The van der Waals surface area contributed by atoms with Gasteiger partial charge in [-0.3, -0.25) is 0 Å². The Morgan fingerprint density at radius 3 is 2.94 bits per heavy atom. The summed E-state index contributed by atoms with van der Waals surface area (Å²) in [6, 6.07) is 5.88. The Morgan fingerprint density at radius 1 is 1.50 bits per heavy atom. The van der Waals surface area contributed by atoms with E-state index in [0.717, 1.165) is 31.6 Å². The van der Waals surface area contributed by atoms with Crippen LogP contribution in [0, 0.1) is 0 Å². The number of benzene rings is 1. The third-order valence-electron chi connectivity index (χ3n) is 3.35. The molecule has 1 fully saturated rings. The second-order valence-corrected chi connectivity index (χ2v) is 4.73. The van der Waals surface area contributed by atoms with E-state index in [1.165, 1.54) is 0 Å². The molecule has 2 N–H and O–H groups in total. The molecule has 0 aromatic heterocycles. The molecule has 100 valence electrons. The standard InChI is InChI=1S/C14H21NO3/c1-10(15-11-4-3-7-18-9-11)13-6-5-12(17-2)8-14(13)16/h5-6,8,10-11,15-16H,3-4,7,9H2,1-2H3. The molecule has 1 saturated heterocycles. The van der Waals surface area contributed by atoms with Crippen LogP contribution in [0.4, 0.5) is 0 Å². The Hall–Kier alpha value is -1.26. The maximum absolute atomic E-state index is 9.97. The van der Waals surface area contributed by atoms with Gasteiger partial charge in [-0.15, -0.1) is 0 Å². The first-order chi connectivity index (χ1) is 8.70. The Morgan fingerprint density at radius 2 is 2.33 bits per heavy atom. The van der Waals surface area contributed by atoms with E-state index >= 15 is 0 Å². The van der Waals surface area contributed by atoms with Gasteiger partial charge in [-0.2, -0.15) is 0 Å². The number of hydrogen-bond donors (Lipinski definition) is 2. The highest BCUT2D eigenvalue weighted by Crippen LogP contribution is 2.28. The summed E-state index contributed by atoms with van der Waals surface area (Å²) in [5, 5.41) is 13.5. The zero-order valence-electron chi connectivity index (χ0n) is 11.0. The third kappa shape index (κ3) is 3.15. The number of aromatic hydroxyl groups is 1. The highest BCUT2D eigenvalue weighted by molar-refractivity contribution is 5.41. The molecule has 0 aliphatic carbocycles. The molecular weight excluding hydrogens is 230 g/mol. The SMILES string of the molecule is COc1ccc(C(C)NC2CCCOC2)c(O)c1. The molecule has 2 rings (SSSR count). The van der Waals surface area contributed by atoms with Crippen molar-refractivity contribution in [3.8, 4) is 11.5 Å². The molecule has 0 spiro atoms. The number of hydrogen-bond acceptors (Lipinski definition) is 4. The molecule has 0 bridgehead atoms. The Bertz CT molecular complexity index is 389. The summed E-state index contributed by atoms with van der Waals surface area (Å²) in [4.78, 5) is 0. The average Bonchev–Trinajstić information content (AvgIpc) is 2.39. The largest absolute Gasteiger partial charge is 0.507 e. The molecule has 0 amide bonds. The minimum atomic E-state index is 0.0996. The first-order valence-corrected chi connectivity index (χ1v) is 6.41. The van der Waals surface area contributed by atoms with Gasteiger partial charge in [-0.05, 0) is 25.8 Å². The van der Waals surface area contributed by atoms with Crippen LogP contribution in [0.3, 0.4) is 0 Å². The van der Waals surface area contributed by atoms with Gasteiger partial charge in [0.2, 0.25) is 0 Å². The van der Waals surface area contributed by atoms with Gasteiger partial charge in [0.05, 0.1) is 13.7 Å². The van der Waals surface area contributed by atoms with E-state index in [4.69, 9.17) is 9.47 Å². The summed E-state index contributed by atoms with van der Waals surface area (Å²) in [5.74, 6) is 0.940. The first kappa shape index (κ1) is 13.2. The van der Waals surface area contributed by atoms with Crippen molar-refractivity contribution in [1.82, 2.24) is 5.32 Å². The number of phenols is 1. The number of methoxy groups -OCH3 is 1. The van der Waals surface area contributed by atoms with Crippen LogP contribution in [0.2, 0.25) is 0 Å². The van der Waals surface area contributed by atoms with Crippen molar-refractivity contribution in [2.24, 2.45) is 0 Å². The number of nitrogens with one attached hydrogen (secondary N) is 1. The fourth-order valence-electron chi connectivity index (χ4n) is 2.33. The van der Waals surface area contributed by atoms with Gasteiger partial charge < -0.3 is 19.9 Å². The highest BCUT2D eigenvalue weighted by atomic mass is 16.5. The van der Waals surface area contributed by atoms with Gasteiger partial charge in [0.1, 0.15) is 11.5 Å². The Balaban J connectivity index is 2.01. The van der Waals surface area contributed by atoms with Crippen LogP contribution >= 0.6 is 0 Å². The van der Waals surface area contributed by atoms with E-state index in [2.05, 4.69) is 12.2 Å². The monoisotopic (exact) mass is 251 g/mol. The van der Waals surface area contributed by atoms with Crippen LogP contribution in [-0.2, 0) is 4.74 Å². The van der Waals surface area contributed by atoms with Crippen molar-refractivity contribution in [1.29, 1.82) is 0 Å². The summed E-state index contributed by atoms with van der Waals surface area (Å²) in [5.41, 5.74) is 0.890. The summed E-state index contributed by atoms with van der Waals surface area (Å²) in [6.45, 7) is 3.66. The van der Waals surface area contributed by atoms with Crippen molar-refractivity contribution >= 4 is 0 Å². The maximum atomic E-state index is 9.97. The topological polar surface area (TPSA) is 50.7 Å². The van der Waals surface area contributed by atoms with Crippen molar-refractivity contribution in [2.45, 2.75) is 31.8 Å². The van der Waals surface area contributed by atoms with Crippen molar-refractivity contribution in [3.05, 3.63) is 23.8 Å². The first-order valence-electron chi connectivity index (χ1n) is 6.41. The second kappa shape index (κ2) is 6.07. The molecule has 1 aromatic rings. The molecular formula is C14H21NO3. The minimum absolute atomic E-state index is 0.0996. The molecule has 1 heterocycles. The summed E-state index contributed by atoms with van der Waals surface area (Å²) >= 11 is 0. The predicted octanol–water partition coefficient (Wildman–Crippen LogP) is 2.23. The molecule has 1 aliphatic heterocycles. The van der Waals surface area contributed by atoms with E-state index < -0.39 is 0 Å². The molecule has 2 unspecified atom stereocenters. The van der Waals surface area contributed by atoms with Crippen molar-refractivity contribution in [2.75, 3.05) is 20.3 Å². The second-order valence-electron chi connectivity index (χ2n) is 4.73. The lowest BCUT2D eigenvalue weighted by Gasteiger charge is -2.27. The average molecular weight is 251 g/mol. The van der Waals surface area contributed by atoms with Gasteiger partial charge >= 0.3 is 0 Å². The highest BCUT2D eigenvalue weighted by Gasteiger charge is 2.18. The molecule has 1 aromatic carbocycles. The Labute approximate surface area is 108 Å². The van der Waals surface area contributed by atoms with Crippen LogP contribution in [0.1, 0.15) is 31.4 Å². The van der Waals surface area contributed by atoms with Gasteiger partial charge in [0.15, 0.2) is 0 Å². The molecule has 4 nitrogen and oxygen atoms in total. The van der Waals surface area contributed by atoms with E-state index in [1.54, 1.807) is 13.2 Å². The van der Waals surface area contributed by atoms with Gasteiger partial charge in [-0.25, -0.2) is 0 Å². The molecule has 1 aliphatic rings. The molecule has 18 heavy (non-hydrogen) atoms. The van der Waals surface area contributed by atoms with Crippen LogP contribution < -0.4 is 10.1 Å². The quantitative estimate of drug-likeness (QED) is 0.861. The van der Waals surface area contributed by atoms with Gasteiger partial charge in [-0.1, -0.05) is 6.07 Å². The molecule has 4 heteroatoms. The van der Waals surface area contributed by atoms with Crippen LogP contribution in [-0.4, -0.2) is 31.5 Å².